The molecular weight excluding hydrogens is 356 g/mol. The molecule has 1 fully saturated rings. The first kappa shape index (κ1) is 18.3. The van der Waals surface area contributed by atoms with Crippen LogP contribution in [-0.4, -0.2) is 52.1 Å². The molecule has 6 nitrogen and oxygen atoms in total. The summed E-state index contributed by atoms with van der Waals surface area (Å²) in [6, 6.07) is 1.55. The number of rotatable bonds is 4. The van der Waals surface area contributed by atoms with Crippen LogP contribution < -0.4 is 10.9 Å². The van der Waals surface area contributed by atoms with Crippen molar-refractivity contribution in [2.75, 3.05) is 31.9 Å². The van der Waals surface area contributed by atoms with Gasteiger partial charge in [-0.2, -0.15) is 0 Å². The highest BCUT2D eigenvalue weighted by Crippen LogP contribution is 2.13. The van der Waals surface area contributed by atoms with E-state index in [0.717, 1.165) is 38.3 Å². The number of aromatic nitrogens is 2. The molecule has 0 bridgehead atoms. The summed E-state index contributed by atoms with van der Waals surface area (Å²) in [6.45, 7) is 3.45. The van der Waals surface area contributed by atoms with Crippen molar-refractivity contribution in [2.24, 2.45) is 0 Å². The summed E-state index contributed by atoms with van der Waals surface area (Å²) in [6.07, 6.45) is 2.73. The fourth-order valence-corrected chi connectivity index (χ4v) is 3.95. The minimum atomic E-state index is -0.0632. The van der Waals surface area contributed by atoms with Gasteiger partial charge < -0.3 is 10.2 Å². The smallest absolute Gasteiger partial charge is 0.258 e. The number of carbonyl (C=O) groups excluding carboxylic acids is 1. The quantitative estimate of drug-likeness (QED) is 0.872. The molecule has 1 aliphatic rings. The summed E-state index contributed by atoms with van der Waals surface area (Å²) in [5, 5.41) is 5.13. The van der Waals surface area contributed by atoms with Gasteiger partial charge in [-0.3, -0.25) is 14.0 Å². The van der Waals surface area contributed by atoms with Crippen LogP contribution in [0.4, 0.5) is 0 Å². The zero-order chi connectivity index (χ0) is 15.4. The van der Waals surface area contributed by atoms with E-state index in [4.69, 9.17) is 0 Å². The number of hydrogen-bond acceptors (Lipinski definition) is 6. The van der Waals surface area contributed by atoms with Crippen LogP contribution in [0.15, 0.2) is 22.4 Å². The largest absolute Gasteiger partial charge is 0.341 e. The van der Waals surface area contributed by atoms with E-state index in [9.17, 15) is 9.59 Å². The van der Waals surface area contributed by atoms with Gasteiger partial charge in [0.25, 0.3) is 5.56 Å². The van der Waals surface area contributed by atoms with Gasteiger partial charge in [0.2, 0.25) is 5.91 Å². The number of fused-ring (bicyclic) bond motifs is 1. The number of nitrogens with zero attached hydrogens (tertiary/aromatic N) is 3. The standard InChI is InChI=1S/C14H18N4O2S2.ClH/c19-12-8-11(16-14-18(12)6-7-22-14)9-21-10-13(20)17-4-1-2-15-3-5-17;/h6-8,15H,1-5,9-10H2;1H. The zero-order valence-corrected chi connectivity index (χ0v) is 15.0. The predicted octanol–water partition coefficient (Wildman–Crippen LogP) is 1.23. The van der Waals surface area contributed by atoms with Crippen LogP contribution in [0.25, 0.3) is 4.96 Å². The summed E-state index contributed by atoms with van der Waals surface area (Å²) >= 11 is 2.96. The second-order valence-corrected chi connectivity index (χ2v) is 6.98. The Kier molecular flexibility index (Phi) is 6.88. The topological polar surface area (TPSA) is 66.7 Å². The highest BCUT2D eigenvalue weighted by atomic mass is 35.5. The van der Waals surface area contributed by atoms with Gasteiger partial charge >= 0.3 is 0 Å². The van der Waals surface area contributed by atoms with E-state index in [1.54, 1.807) is 12.3 Å². The average molecular weight is 375 g/mol. The van der Waals surface area contributed by atoms with Gasteiger partial charge in [-0.05, 0) is 13.0 Å². The summed E-state index contributed by atoms with van der Waals surface area (Å²) in [4.78, 5) is 31.1. The van der Waals surface area contributed by atoms with Gasteiger partial charge in [0.1, 0.15) is 0 Å². The number of carbonyl (C=O) groups is 1. The monoisotopic (exact) mass is 374 g/mol. The van der Waals surface area contributed by atoms with Crippen LogP contribution >= 0.6 is 35.5 Å². The first-order chi connectivity index (χ1) is 10.7. The SMILES string of the molecule is Cl.O=C(CSCc1cc(=O)n2ccsc2n1)N1CCCNCC1. The number of nitrogens with one attached hydrogen (secondary N) is 1. The summed E-state index contributed by atoms with van der Waals surface area (Å²) < 4.78 is 1.54. The lowest BCUT2D eigenvalue weighted by atomic mass is 10.4. The van der Waals surface area contributed by atoms with Gasteiger partial charge in [-0.1, -0.05) is 0 Å². The molecule has 9 heteroatoms. The maximum atomic E-state index is 12.2. The molecule has 0 aromatic carbocycles. The van der Waals surface area contributed by atoms with Crippen molar-refractivity contribution in [1.82, 2.24) is 19.6 Å². The van der Waals surface area contributed by atoms with Gasteiger partial charge in [-0.15, -0.1) is 35.5 Å². The highest BCUT2D eigenvalue weighted by Gasteiger charge is 2.15. The molecule has 126 valence electrons. The van der Waals surface area contributed by atoms with Crippen LogP contribution in [0, 0.1) is 0 Å². The first-order valence-corrected chi connectivity index (χ1v) is 9.29. The maximum absolute atomic E-state index is 12.2. The van der Waals surface area contributed by atoms with Crippen molar-refractivity contribution in [3.8, 4) is 0 Å². The number of halogens is 1. The van der Waals surface area contributed by atoms with E-state index in [1.165, 1.54) is 27.5 Å². The molecular formula is C14H19ClN4O2S2. The Bertz CT molecular complexity index is 710. The molecule has 2 aromatic rings. The van der Waals surface area contributed by atoms with Crippen LogP contribution in [0.2, 0.25) is 0 Å². The Morgan fingerprint density at radius 2 is 2.26 bits per heavy atom. The molecule has 1 saturated heterocycles. The highest BCUT2D eigenvalue weighted by molar-refractivity contribution is 7.99. The third kappa shape index (κ3) is 4.69. The van der Waals surface area contributed by atoms with Crippen molar-refractivity contribution in [3.63, 3.8) is 0 Å². The molecule has 2 aromatic heterocycles. The molecule has 3 heterocycles. The van der Waals surface area contributed by atoms with Crippen molar-refractivity contribution in [1.29, 1.82) is 0 Å². The van der Waals surface area contributed by atoms with Crippen LogP contribution in [-0.2, 0) is 10.5 Å². The van der Waals surface area contributed by atoms with Crippen molar-refractivity contribution in [3.05, 3.63) is 33.7 Å². The van der Waals surface area contributed by atoms with Crippen molar-refractivity contribution >= 4 is 46.4 Å². The Hall–Kier alpha value is -1.09. The lowest BCUT2D eigenvalue weighted by Gasteiger charge is -2.19. The molecule has 0 saturated carbocycles. The first-order valence-electron chi connectivity index (χ1n) is 7.26. The Balaban J connectivity index is 0.00000192. The minimum Gasteiger partial charge on any atom is -0.341 e. The van der Waals surface area contributed by atoms with Gasteiger partial charge in [0.15, 0.2) is 4.96 Å². The average Bonchev–Trinajstić information content (AvgIpc) is 2.81. The molecule has 0 spiro atoms. The molecule has 0 radical (unpaired) electrons. The third-order valence-corrected chi connectivity index (χ3v) is 5.23. The van der Waals surface area contributed by atoms with E-state index in [-0.39, 0.29) is 23.9 Å². The second kappa shape index (κ2) is 8.68. The third-order valence-electron chi connectivity index (χ3n) is 3.52. The molecule has 0 aliphatic carbocycles. The fourth-order valence-electron chi connectivity index (χ4n) is 2.39. The molecule has 0 unspecified atom stereocenters. The van der Waals surface area contributed by atoms with E-state index >= 15 is 0 Å². The van der Waals surface area contributed by atoms with E-state index in [0.29, 0.717) is 16.5 Å². The lowest BCUT2D eigenvalue weighted by Crippen LogP contribution is -2.35. The Labute approximate surface area is 148 Å². The lowest BCUT2D eigenvalue weighted by molar-refractivity contribution is -0.128. The van der Waals surface area contributed by atoms with Gasteiger partial charge in [0, 0.05) is 43.0 Å². The Morgan fingerprint density at radius 3 is 3.13 bits per heavy atom. The van der Waals surface area contributed by atoms with Gasteiger partial charge in [-0.25, -0.2) is 4.98 Å². The fraction of sp³-hybridized carbons (Fsp3) is 0.500. The zero-order valence-electron chi connectivity index (χ0n) is 12.6. The number of thiazole rings is 1. The number of hydrogen-bond donors (Lipinski definition) is 1. The van der Waals surface area contributed by atoms with E-state index in [1.807, 2.05) is 10.3 Å². The van der Waals surface area contributed by atoms with Crippen LogP contribution in [0.5, 0.6) is 0 Å². The van der Waals surface area contributed by atoms with Crippen molar-refractivity contribution in [2.45, 2.75) is 12.2 Å². The molecule has 3 rings (SSSR count). The molecule has 1 N–H and O–H groups in total. The normalized spacial score (nSPS) is 15.2. The molecule has 0 atom stereocenters. The molecule has 23 heavy (non-hydrogen) atoms. The Morgan fingerprint density at radius 1 is 1.39 bits per heavy atom. The second-order valence-electron chi connectivity index (χ2n) is 5.12. The summed E-state index contributed by atoms with van der Waals surface area (Å²) in [7, 11) is 0. The van der Waals surface area contributed by atoms with Crippen LogP contribution in [0.1, 0.15) is 12.1 Å². The van der Waals surface area contributed by atoms with Crippen LogP contribution in [0.3, 0.4) is 0 Å². The number of amides is 1. The van der Waals surface area contributed by atoms with Crippen molar-refractivity contribution < 1.29 is 4.79 Å². The summed E-state index contributed by atoms with van der Waals surface area (Å²) in [5.74, 6) is 1.19. The van der Waals surface area contributed by atoms with E-state index in [2.05, 4.69) is 10.3 Å². The number of thioether (sulfide) groups is 1. The molecule has 1 aliphatic heterocycles. The summed E-state index contributed by atoms with van der Waals surface area (Å²) in [5.41, 5.74) is 0.676. The van der Waals surface area contributed by atoms with E-state index < -0.39 is 0 Å². The minimum absolute atomic E-state index is 0. The van der Waals surface area contributed by atoms with Gasteiger partial charge in [0.05, 0.1) is 11.4 Å². The maximum Gasteiger partial charge on any atom is 0.258 e. The predicted molar refractivity (Wildman–Crippen MR) is 96.8 cm³/mol. The molecule has 1 amide bonds.